The Hall–Kier alpha value is -3.15. The van der Waals surface area contributed by atoms with Gasteiger partial charge in [-0.1, -0.05) is 30.3 Å². The smallest absolute Gasteiger partial charge is 0.239 e. The van der Waals surface area contributed by atoms with Crippen LogP contribution in [0.1, 0.15) is 0 Å². The Bertz CT molecular complexity index is 959. The largest absolute Gasteiger partial charge is 0.496 e. The Morgan fingerprint density at radius 1 is 0.800 bits per heavy atom. The number of fused-ring (bicyclic) bond motifs is 1. The molecule has 0 atom stereocenters. The zero-order chi connectivity index (χ0) is 18.0. The summed E-state index contributed by atoms with van der Waals surface area (Å²) in [6, 6.07) is 10.8. The molecule has 0 fully saturated rings. The summed E-state index contributed by atoms with van der Waals surface area (Å²) in [5.41, 5.74) is 0.603. The average Bonchev–Trinajstić information content (AvgIpc) is 2.66. The Labute approximate surface area is 144 Å². The SMILES string of the molecule is COc1cc(OC)c2c(=O)c(OC)c(-c3ccccc3)oc2c1OC. The number of methoxy groups -OCH3 is 4. The molecule has 6 heteroatoms. The van der Waals surface area contributed by atoms with Gasteiger partial charge in [0.05, 0.1) is 28.4 Å². The van der Waals surface area contributed by atoms with Crippen LogP contribution >= 0.6 is 0 Å². The monoisotopic (exact) mass is 342 g/mol. The van der Waals surface area contributed by atoms with Crippen molar-refractivity contribution < 1.29 is 23.4 Å². The summed E-state index contributed by atoms with van der Waals surface area (Å²) in [6.45, 7) is 0. The van der Waals surface area contributed by atoms with Gasteiger partial charge in [0.15, 0.2) is 17.1 Å². The van der Waals surface area contributed by atoms with Crippen LogP contribution in [-0.2, 0) is 0 Å². The zero-order valence-corrected chi connectivity index (χ0v) is 14.4. The maximum atomic E-state index is 13.0. The first kappa shape index (κ1) is 16.7. The van der Waals surface area contributed by atoms with Crippen molar-refractivity contribution in [3.8, 4) is 34.3 Å². The van der Waals surface area contributed by atoms with Crippen molar-refractivity contribution in [3.05, 3.63) is 46.6 Å². The molecule has 1 aromatic heterocycles. The van der Waals surface area contributed by atoms with Crippen molar-refractivity contribution >= 4 is 11.0 Å². The number of benzene rings is 2. The molecule has 0 spiro atoms. The van der Waals surface area contributed by atoms with Gasteiger partial charge in [-0.3, -0.25) is 4.79 Å². The summed E-state index contributed by atoms with van der Waals surface area (Å²) in [6.07, 6.45) is 0. The molecule has 0 bridgehead atoms. The van der Waals surface area contributed by atoms with E-state index in [1.807, 2.05) is 30.3 Å². The molecule has 0 aliphatic carbocycles. The standard InChI is InChI=1S/C19H18O6/c1-21-12-10-13(22-2)17(23-3)18-14(12)15(20)19(24-4)16(25-18)11-8-6-5-7-9-11/h5-10H,1-4H3. The van der Waals surface area contributed by atoms with E-state index in [1.165, 1.54) is 28.4 Å². The predicted molar refractivity (Wildman–Crippen MR) is 94.1 cm³/mol. The summed E-state index contributed by atoms with van der Waals surface area (Å²) < 4.78 is 27.5. The third-order valence-corrected chi connectivity index (χ3v) is 3.89. The fraction of sp³-hybridized carbons (Fsp3) is 0.211. The minimum Gasteiger partial charge on any atom is -0.496 e. The highest BCUT2D eigenvalue weighted by Gasteiger charge is 2.24. The quantitative estimate of drug-likeness (QED) is 0.707. The molecule has 25 heavy (non-hydrogen) atoms. The second-order valence-electron chi connectivity index (χ2n) is 5.18. The molecule has 0 amide bonds. The fourth-order valence-corrected chi connectivity index (χ4v) is 2.74. The zero-order valence-electron chi connectivity index (χ0n) is 14.4. The molecular formula is C19H18O6. The lowest BCUT2D eigenvalue weighted by molar-refractivity contribution is 0.346. The van der Waals surface area contributed by atoms with E-state index < -0.39 is 0 Å². The van der Waals surface area contributed by atoms with Gasteiger partial charge >= 0.3 is 0 Å². The molecule has 3 rings (SSSR count). The number of ether oxygens (including phenoxy) is 4. The van der Waals surface area contributed by atoms with E-state index in [0.717, 1.165) is 0 Å². The third kappa shape index (κ3) is 2.65. The maximum Gasteiger partial charge on any atom is 0.239 e. The summed E-state index contributed by atoms with van der Waals surface area (Å²) in [5.74, 6) is 1.45. The van der Waals surface area contributed by atoms with Crippen molar-refractivity contribution in [2.75, 3.05) is 28.4 Å². The van der Waals surface area contributed by atoms with Gasteiger partial charge in [0.25, 0.3) is 0 Å². The molecular weight excluding hydrogens is 324 g/mol. The van der Waals surface area contributed by atoms with Gasteiger partial charge in [-0.2, -0.15) is 0 Å². The van der Waals surface area contributed by atoms with E-state index in [-0.39, 0.29) is 22.1 Å². The second-order valence-corrected chi connectivity index (χ2v) is 5.18. The van der Waals surface area contributed by atoms with E-state index in [9.17, 15) is 4.79 Å². The first-order chi connectivity index (χ1) is 12.2. The normalized spacial score (nSPS) is 10.6. The molecule has 0 unspecified atom stereocenters. The molecule has 0 N–H and O–H groups in total. The molecule has 2 aromatic carbocycles. The Kier molecular flexibility index (Phi) is 4.52. The second kappa shape index (κ2) is 6.76. The molecule has 0 saturated carbocycles. The lowest BCUT2D eigenvalue weighted by Gasteiger charge is -2.15. The van der Waals surface area contributed by atoms with E-state index in [0.29, 0.717) is 28.6 Å². The van der Waals surface area contributed by atoms with E-state index in [4.69, 9.17) is 23.4 Å². The Morgan fingerprint density at radius 3 is 2.00 bits per heavy atom. The van der Waals surface area contributed by atoms with E-state index in [2.05, 4.69) is 0 Å². The van der Waals surface area contributed by atoms with Crippen molar-refractivity contribution in [1.82, 2.24) is 0 Å². The van der Waals surface area contributed by atoms with Gasteiger partial charge in [0.1, 0.15) is 11.1 Å². The highest BCUT2D eigenvalue weighted by atomic mass is 16.5. The lowest BCUT2D eigenvalue weighted by atomic mass is 10.1. The molecule has 0 radical (unpaired) electrons. The first-order valence-electron chi connectivity index (χ1n) is 7.55. The van der Waals surface area contributed by atoms with Gasteiger partial charge in [-0.25, -0.2) is 0 Å². The Morgan fingerprint density at radius 2 is 1.44 bits per heavy atom. The molecule has 1 heterocycles. The number of rotatable bonds is 5. The highest BCUT2D eigenvalue weighted by molar-refractivity contribution is 5.93. The minimum absolute atomic E-state index is 0.101. The van der Waals surface area contributed by atoms with Crippen LogP contribution in [0.15, 0.2) is 45.6 Å². The van der Waals surface area contributed by atoms with Crippen LogP contribution in [0.25, 0.3) is 22.3 Å². The van der Waals surface area contributed by atoms with Crippen LogP contribution in [0.4, 0.5) is 0 Å². The van der Waals surface area contributed by atoms with E-state index in [1.54, 1.807) is 6.07 Å². The van der Waals surface area contributed by atoms with Crippen LogP contribution in [-0.4, -0.2) is 28.4 Å². The predicted octanol–water partition coefficient (Wildman–Crippen LogP) is 3.49. The van der Waals surface area contributed by atoms with Gasteiger partial charge in [0, 0.05) is 11.6 Å². The number of hydrogen-bond acceptors (Lipinski definition) is 6. The Balaban J connectivity index is 2.50. The van der Waals surface area contributed by atoms with Crippen LogP contribution in [0.3, 0.4) is 0 Å². The molecule has 3 aromatic rings. The van der Waals surface area contributed by atoms with Gasteiger partial charge in [0.2, 0.25) is 16.9 Å². The van der Waals surface area contributed by atoms with Crippen LogP contribution < -0.4 is 24.4 Å². The van der Waals surface area contributed by atoms with Crippen molar-refractivity contribution in [2.24, 2.45) is 0 Å². The van der Waals surface area contributed by atoms with Crippen LogP contribution in [0.5, 0.6) is 23.0 Å². The number of hydrogen-bond donors (Lipinski definition) is 0. The van der Waals surface area contributed by atoms with Crippen LogP contribution in [0.2, 0.25) is 0 Å². The van der Waals surface area contributed by atoms with Crippen LogP contribution in [0, 0.1) is 0 Å². The molecule has 0 aliphatic rings. The topological polar surface area (TPSA) is 67.1 Å². The summed E-state index contributed by atoms with van der Waals surface area (Å²) >= 11 is 0. The average molecular weight is 342 g/mol. The van der Waals surface area contributed by atoms with Crippen molar-refractivity contribution in [2.45, 2.75) is 0 Å². The van der Waals surface area contributed by atoms with Gasteiger partial charge in [-0.15, -0.1) is 0 Å². The summed E-state index contributed by atoms with van der Waals surface area (Å²) in [7, 11) is 5.88. The minimum atomic E-state index is -0.347. The van der Waals surface area contributed by atoms with Gasteiger partial charge < -0.3 is 23.4 Å². The highest BCUT2D eigenvalue weighted by Crippen LogP contribution is 2.43. The first-order valence-corrected chi connectivity index (χ1v) is 7.55. The van der Waals surface area contributed by atoms with Gasteiger partial charge in [-0.05, 0) is 0 Å². The fourth-order valence-electron chi connectivity index (χ4n) is 2.74. The molecule has 0 aliphatic heterocycles. The van der Waals surface area contributed by atoms with Crippen molar-refractivity contribution in [1.29, 1.82) is 0 Å². The van der Waals surface area contributed by atoms with E-state index >= 15 is 0 Å². The molecule has 6 nitrogen and oxygen atoms in total. The summed E-state index contributed by atoms with van der Waals surface area (Å²) in [5, 5.41) is 0.233. The summed E-state index contributed by atoms with van der Waals surface area (Å²) in [4.78, 5) is 13.0. The third-order valence-electron chi connectivity index (χ3n) is 3.89. The molecule has 130 valence electrons. The molecule has 0 saturated heterocycles. The maximum absolute atomic E-state index is 13.0. The van der Waals surface area contributed by atoms with Crippen molar-refractivity contribution in [3.63, 3.8) is 0 Å². The lowest BCUT2D eigenvalue weighted by Crippen LogP contribution is -2.10.